The SMILES string of the molecule is CCOC(=O)Cc1cc(C#N)cc([N+](=O)[O-])c1CO. The van der Waals surface area contributed by atoms with E-state index >= 15 is 0 Å². The predicted molar refractivity (Wildman–Crippen MR) is 64.1 cm³/mol. The zero-order chi connectivity index (χ0) is 14.4. The molecule has 100 valence electrons. The number of benzene rings is 1. The summed E-state index contributed by atoms with van der Waals surface area (Å²) in [6.45, 7) is 1.24. The summed E-state index contributed by atoms with van der Waals surface area (Å²) >= 11 is 0. The maximum Gasteiger partial charge on any atom is 0.310 e. The normalized spacial score (nSPS) is 9.74. The monoisotopic (exact) mass is 264 g/mol. The maximum atomic E-state index is 11.4. The van der Waals surface area contributed by atoms with E-state index in [1.165, 1.54) is 6.07 Å². The number of carbonyl (C=O) groups is 1. The van der Waals surface area contributed by atoms with Gasteiger partial charge < -0.3 is 9.84 Å². The van der Waals surface area contributed by atoms with E-state index in [-0.39, 0.29) is 35.4 Å². The Morgan fingerprint density at radius 1 is 1.58 bits per heavy atom. The molecule has 19 heavy (non-hydrogen) atoms. The Kier molecular flexibility index (Phi) is 4.97. The highest BCUT2D eigenvalue weighted by Gasteiger charge is 2.20. The number of hydrogen-bond donors (Lipinski definition) is 1. The fourth-order valence-electron chi connectivity index (χ4n) is 1.65. The second-order valence-corrected chi connectivity index (χ2v) is 3.64. The Labute approximate surface area is 109 Å². The van der Waals surface area contributed by atoms with E-state index in [2.05, 4.69) is 0 Å². The molecular weight excluding hydrogens is 252 g/mol. The second kappa shape index (κ2) is 6.47. The van der Waals surface area contributed by atoms with Crippen LogP contribution in [0.2, 0.25) is 0 Å². The van der Waals surface area contributed by atoms with Crippen LogP contribution >= 0.6 is 0 Å². The number of ether oxygens (including phenoxy) is 1. The number of carbonyl (C=O) groups excluding carboxylic acids is 1. The molecule has 0 aliphatic carbocycles. The van der Waals surface area contributed by atoms with Crippen LogP contribution < -0.4 is 0 Å². The van der Waals surface area contributed by atoms with E-state index in [1.807, 2.05) is 0 Å². The van der Waals surface area contributed by atoms with E-state index < -0.39 is 17.5 Å². The van der Waals surface area contributed by atoms with Gasteiger partial charge in [-0.2, -0.15) is 5.26 Å². The number of nitro groups is 1. The highest BCUT2D eigenvalue weighted by Crippen LogP contribution is 2.25. The van der Waals surface area contributed by atoms with Crippen molar-refractivity contribution in [2.75, 3.05) is 6.61 Å². The first-order valence-corrected chi connectivity index (χ1v) is 5.50. The van der Waals surface area contributed by atoms with Gasteiger partial charge in [-0.15, -0.1) is 0 Å². The first kappa shape index (κ1) is 14.6. The number of nitrogens with zero attached hydrogens (tertiary/aromatic N) is 2. The van der Waals surface area contributed by atoms with Gasteiger partial charge in [0.1, 0.15) is 0 Å². The van der Waals surface area contributed by atoms with Gasteiger partial charge in [-0.1, -0.05) is 0 Å². The third kappa shape index (κ3) is 3.50. The molecule has 0 fully saturated rings. The fourth-order valence-corrected chi connectivity index (χ4v) is 1.65. The molecule has 1 aromatic rings. The molecule has 0 aliphatic heterocycles. The smallest absolute Gasteiger partial charge is 0.310 e. The minimum Gasteiger partial charge on any atom is -0.466 e. The molecule has 0 bridgehead atoms. The molecule has 0 atom stereocenters. The second-order valence-electron chi connectivity index (χ2n) is 3.64. The molecule has 0 spiro atoms. The van der Waals surface area contributed by atoms with E-state index in [0.717, 1.165) is 6.07 Å². The van der Waals surface area contributed by atoms with E-state index in [4.69, 9.17) is 10.00 Å². The summed E-state index contributed by atoms with van der Waals surface area (Å²) < 4.78 is 4.75. The number of hydrogen-bond acceptors (Lipinski definition) is 6. The van der Waals surface area contributed by atoms with Gasteiger partial charge in [0, 0.05) is 6.07 Å². The van der Waals surface area contributed by atoms with Crippen molar-refractivity contribution >= 4 is 11.7 Å². The Balaban J connectivity index is 3.28. The van der Waals surface area contributed by atoms with Crippen LogP contribution in [0, 0.1) is 21.4 Å². The summed E-state index contributed by atoms with van der Waals surface area (Å²) in [5.41, 5.74) is -0.0622. The molecule has 0 aliphatic rings. The van der Waals surface area contributed by atoms with Crippen LogP contribution in [-0.2, 0) is 22.6 Å². The number of nitriles is 1. The van der Waals surface area contributed by atoms with Gasteiger partial charge in [-0.05, 0) is 18.6 Å². The molecule has 0 heterocycles. The minimum atomic E-state index is -0.693. The first-order valence-electron chi connectivity index (χ1n) is 5.50. The van der Waals surface area contributed by atoms with Gasteiger partial charge in [-0.3, -0.25) is 14.9 Å². The van der Waals surface area contributed by atoms with Crippen molar-refractivity contribution in [3.8, 4) is 6.07 Å². The van der Waals surface area contributed by atoms with Gasteiger partial charge in [0.2, 0.25) is 0 Å². The molecule has 0 unspecified atom stereocenters. The van der Waals surface area contributed by atoms with Crippen LogP contribution in [0.1, 0.15) is 23.6 Å². The van der Waals surface area contributed by atoms with Crippen molar-refractivity contribution < 1.29 is 19.6 Å². The van der Waals surface area contributed by atoms with Crippen molar-refractivity contribution in [3.63, 3.8) is 0 Å². The number of aliphatic hydroxyl groups is 1. The largest absolute Gasteiger partial charge is 0.466 e. The summed E-state index contributed by atoms with van der Waals surface area (Å²) in [6, 6.07) is 4.19. The van der Waals surface area contributed by atoms with Crippen LogP contribution in [0.3, 0.4) is 0 Å². The molecule has 0 amide bonds. The zero-order valence-electron chi connectivity index (χ0n) is 10.3. The highest BCUT2D eigenvalue weighted by molar-refractivity contribution is 5.74. The number of nitro benzene ring substituents is 1. The van der Waals surface area contributed by atoms with Gasteiger partial charge in [-0.25, -0.2) is 0 Å². The lowest BCUT2D eigenvalue weighted by molar-refractivity contribution is -0.385. The zero-order valence-corrected chi connectivity index (χ0v) is 10.3. The third-order valence-corrected chi connectivity index (χ3v) is 2.44. The average molecular weight is 264 g/mol. The summed E-state index contributed by atoms with van der Waals surface area (Å²) in [7, 11) is 0. The standard InChI is InChI=1S/C12H12N2O5/c1-2-19-12(16)5-9-3-8(6-13)4-11(14(17)18)10(9)7-15/h3-4,15H,2,5,7H2,1H3. The molecule has 1 N–H and O–H groups in total. The first-order chi connectivity index (χ1) is 9.03. The Bertz CT molecular complexity index is 548. The molecule has 0 saturated carbocycles. The van der Waals surface area contributed by atoms with E-state index in [0.29, 0.717) is 0 Å². The third-order valence-electron chi connectivity index (χ3n) is 2.44. The fraction of sp³-hybridized carbons (Fsp3) is 0.333. The highest BCUT2D eigenvalue weighted by atomic mass is 16.6. The number of esters is 1. The van der Waals surface area contributed by atoms with Gasteiger partial charge in [0.25, 0.3) is 5.69 Å². The van der Waals surface area contributed by atoms with Gasteiger partial charge >= 0.3 is 5.97 Å². The quantitative estimate of drug-likeness (QED) is 0.483. The maximum absolute atomic E-state index is 11.4. The summed E-state index contributed by atoms with van der Waals surface area (Å²) in [5, 5.41) is 28.9. The van der Waals surface area contributed by atoms with Crippen LogP contribution in [-0.4, -0.2) is 22.6 Å². The molecule has 0 aromatic heterocycles. The molecule has 7 heteroatoms. The predicted octanol–water partition coefficient (Wildman–Crippen LogP) is 1.06. The summed E-state index contributed by atoms with van der Waals surface area (Å²) in [6.07, 6.45) is -0.222. The molecule has 1 rings (SSSR count). The Morgan fingerprint density at radius 3 is 2.74 bits per heavy atom. The minimum absolute atomic E-state index is 0.0250. The van der Waals surface area contributed by atoms with Crippen molar-refractivity contribution in [2.45, 2.75) is 20.0 Å². The Hall–Kier alpha value is -2.46. The molecule has 0 radical (unpaired) electrons. The van der Waals surface area contributed by atoms with Crippen molar-refractivity contribution in [3.05, 3.63) is 38.9 Å². The van der Waals surface area contributed by atoms with Crippen LogP contribution in [0.4, 0.5) is 5.69 Å². The lowest BCUT2D eigenvalue weighted by Gasteiger charge is -2.08. The van der Waals surface area contributed by atoms with Crippen LogP contribution in [0.15, 0.2) is 12.1 Å². The molecule has 0 saturated heterocycles. The van der Waals surface area contributed by atoms with E-state index in [1.54, 1.807) is 13.0 Å². The van der Waals surface area contributed by atoms with Crippen LogP contribution in [0.5, 0.6) is 0 Å². The topological polar surface area (TPSA) is 113 Å². The number of aliphatic hydroxyl groups excluding tert-OH is 1. The van der Waals surface area contributed by atoms with Crippen LogP contribution in [0.25, 0.3) is 0 Å². The van der Waals surface area contributed by atoms with Crippen molar-refractivity contribution in [1.82, 2.24) is 0 Å². The lowest BCUT2D eigenvalue weighted by atomic mass is 10.00. The summed E-state index contributed by atoms with van der Waals surface area (Å²) in [5.74, 6) is -0.568. The van der Waals surface area contributed by atoms with Gasteiger partial charge in [0.05, 0.1) is 41.8 Å². The van der Waals surface area contributed by atoms with Gasteiger partial charge in [0.15, 0.2) is 0 Å². The Morgan fingerprint density at radius 2 is 2.26 bits per heavy atom. The number of rotatable bonds is 5. The molecule has 1 aromatic carbocycles. The average Bonchev–Trinajstić information content (AvgIpc) is 2.37. The molecular formula is C12H12N2O5. The lowest BCUT2D eigenvalue weighted by Crippen LogP contribution is -2.11. The van der Waals surface area contributed by atoms with Crippen molar-refractivity contribution in [2.24, 2.45) is 0 Å². The summed E-state index contributed by atoms with van der Waals surface area (Å²) in [4.78, 5) is 21.6. The molecule has 7 nitrogen and oxygen atoms in total. The van der Waals surface area contributed by atoms with E-state index in [9.17, 15) is 20.0 Å². The van der Waals surface area contributed by atoms with Crippen molar-refractivity contribution in [1.29, 1.82) is 5.26 Å².